The van der Waals surface area contributed by atoms with Gasteiger partial charge in [-0.15, -0.1) is 11.3 Å². The number of nitrogens with zero attached hydrogens (tertiary/aromatic N) is 2. The molecule has 22 heavy (non-hydrogen) atoms. The van der Waals surface area contributed by atoms with Crippen molar-refractivity contribution in [2.45, 2.75) is 26.2 Å². The Kier molecular flexibility index (Phi) is 6.02. The van der Waals surface area contributed by atoms with Crippen LogP contribution >= 0.6 is 11.3 Å². The number of hydrogen-bond acceptors (Lipinski definition) is 5. The second-order valence-electron chi connectivity index (χ2n) is 4.64. The summed E-state index contributed by atoms with van der Waals surface area (Å²) in [6.45, 7) is 2.35. The lowest BCUT2D eigenvalue weighted by Crippen LogP contribution is -2.27. The van der Waals surface area contributed by atoms with Gasteiger partial charge in [0, 0.05) is 19.2 Å². The predicted octanol–water partition coefficient (Wildman–Crippen LogP) is 2.25. The normalized spacial score (nSPS) is 10.2. The van der Waals surface area contributed by atoms with E-state index in [1.54, 1.807) is 30.6 Å². The zero-order chi connectivity index (χ0) is 15.8. The second-order valence-corrected chi connectivity index (χ2v) is 5.75. The molecule has 0 aliphatic heterocycles. The molecule has 2 amide bonds. The van der Waals surface area contributed by atoms with Crippen LogP contribution in [0.4, 0.5) is 5.82 Å². The van der Waals surface area contributed by atoms with Gasteiger partial charge in [0.05, 0.1) is 11.2 Å². The molecule has 0 atom stereocenters. The molecule has 2 aromatic rings. The number of thiazole rings is 1. The Bertz CT molecular complexity index is 627. The molecule has 2 heterocycles. The van der Waals surface area contributed by atoms with Crippen molar-refractivity contribution in [3.63, 3.8) is 0 Å². The fourth-order valence-corrected chi connectivity index (χ4v) is 2.70. The summed E-state index contributed by atoms with van der Waals surface area (Å²) in [5.74, 6) is 0.131. The highest BCUT2D eigenvalue weighted by molar-refractivity contribution is 7.13. The summed E-state index contributed by atoms with van der Waals surface area (Å²) in [6.07, 6.45) is 5.27. The van der Waals surface area contributed by atoms with Crippen LogP contribution in [0.2, 0.25) is 0 Å². The average molecular weight is 318 g/mol. The Balaban J connectivity index is 1.73. The number of pyridine rings is 1. The van der Waals surface area contributed by atoms with Gasteiger partial charge < -0.3 is 10.6 Å². The van der Waals surface area contributed by atoms with Crippen LogP contribution in [-0.2, 0) is 11.2 Å². The first kappa shape index (κ1) is 16.1. The number of anilines is 1. The molecule has 2 N–H and O–H groups in total. The maximum absolute atomic E-state index is 11.9. The van der Waals surface area contributed by atoms with E-state index in [2.05, 4.69) is 27.5 Å². The standard InChI is InChI=1S/C15H18N4O2S/c1-2-5-14-18-10-11(22-14)15(21)17-9-7-13(20)19-12-6-3-4-8-16-12/h3-4,6,8,10H,2,5,7,9H2,1H3,(H,17,21)(H,16,19,20). The van der Waals surface area contributed by atoms with E-state index in [-0.39, 0.29) is 24.8 Å². The van der Waals surface area contributed by atoms with Gasteiger partial charge in [-0.25, -0.2) is 9.97 Å². The lowest BCUT2D eigenvalue weighted by atomic mass is 10.3. The monoisotopic (exact) mass is 318 g/mol. The van der Waals surface area contributed by atoms with Crippen LogP contribution < -0.4 is 10.6 Å². The second kappa shape index (κ2) is 8.23. The van der Waals surface area contributed by atoms with E-state index >= 15 is 0 Å². The largest absolute Gasteiger partial charge is 0.351 e. The SMILES string of the molecule is CCCc1ncc(C(=O)NCCC(=O)Nc2ccccn2)s1. The Morgan fingerprint density at radius 3 is 2.86 bits per heavy atom. The third-order valence-corrected chi connectivity index (χ3v) is 3.87. The van der Waals surface area contributed by atoms with Crippen LogP contribution in [0, 0.1) is 0 Å². The van der Waals surface area contributed by atoms with Gasteiger partial charge in [0.2, 0.25) is 5.91 Å². The zero-order valence-electron chi connectivity index (χ0n) is 12.3. The lowest BCUT2D eigenvalue weighted by molar-refractivity contribution is -0.116. The first-order chi connectivity index (χ1) is 10.7. The summed E-state index contributed by atoms with van der Waals surface area (Å²) < 4.78 is 0. The molecule has 0 unspecified atom stereocenters. The summed E-state index contributed by atoms with van der Waals surface area (Å²) >= 11 is 1.39. The van der Waals surface area contributed by atoms with Crippen molar-refractivity contribution >= 4 is 29.0 Å². The molecule has 7 heteroatoms. The number of hydrogen-bond donors (Lipinski definition) is 2. The van der Waals surface area contributed by atoms with E-state index in [1.165, 1.54) is 11.3 Å². The Hall–Kier alpha value is -2.28. The van der Waals surface area contributed by atoms with E-state index in [0.717, 1.165) is 17.8 Å². The number of carbonyl (C=O) groups is 2. The molecule has 0 saturated heterocycles. The predicted molar refractivity (Wildman–Crippen MR) is 85.9 cm³/mol. The van der Waals surface area contributed by atoms with Crippen molar-refractivity contribution < 1.29 is 9.59 Å². The van der Waals surface area contributed by atoms with E-state index in [1.807, 2.05) is 0 Å². The molecule has 116 valence electrons. The van der Waals surface area contributed by atoms with Crippen molar-refractivity contribution in [1.29, 1.82) is 0 Å². The highest BCUT2D eigenvalue weighted by atomic mass is 32.1. The Morgan fingerprint density at radius 1 is 1.27 bits per heavy atom. The molecule has 0 fully saturated rings. The molecule has 2 rings (SSSR count). The van der Waals surface area contributed by atoms with Crippen molar-refractivity contribution in [3.05, 3.63) is 40.5 Å². The van der Waals surface area contributed by atoms with E-state index < -0.39 is 0 Å². The van der Waals surface area contributed by atoms with Gasteiger partial charge in [-0.2, -0.15) is 0 Å². The van der Waals surface area contributed by atoms with Gasteiger partial charge in [0.25, 0.3) is 5.91 Å². The minimum absolute atomic E-state index is 0.185. The van der Waals surface area contributed by atoms with Crippen LogP contribution in [0.1, 0.15) is 34.4 Å². The minimum atomic E-state index is -0.189. The van der Waals surface area contributed by atoms with Crippen molar-refractivity contribution in [2.75, 3.05) is 11.9 Å². The first-order valence-corrected chi connectivity index (χ1v) is 7.94. The van der Waals surface area contributed by atoms with Crippen molar-refractivity contribution in [2.24, 2.45) is 0 Å². The number of amides is 2. The topological polar surface area (TPSA) is 84.0 Å². The van der Waals surface area contributed by atoms with E-state index in [4.69, 9.17) is 0 Å². The highest BCUT2D eigenvalue weighted by Gasteiger charge is 2.10. The lowest BCUT2D eigenvalue weighted by Gasteiger charge is -2.05. The van der Waals surface area contributed by atoms with Gasteiger partial charge in [0.1, 0.15) is 10.7 Å². The smallest absolute Gasteiger partial charge is 0.263 e. The fraction of sp³-hybridized carbons (Fsp3) is 0.333. The van der Waals surface area contributed by atoms with Crippen LogP contribution in [-0.4, -0.2) is 28.3 Å². The maximum atomic E-state index is 11.9. The molecule has 0 aliphatic rings. The minimum Gasteiger partial charge on any atom is -0.351 e. The third-order valence-electron chi connectivity index (χ3n) is 2.81. The number of rotatable bonds is 7. The number of carbonyl (C=O) groups excluding carboxylic acids is 2. The van der Waals surface area contributed by atoms with E-state index in [9.17, 15) is 9.59 Å². The van der Waals surface area contributed by atoms with Gasteiger partial charge in [0.15, 0.2) is 0 Å². The zero-order valence-corrected chi connectivity index (χ0v) is 13.2. The Labute approximate surface area is 133 Å². The van der Waals surface area contributed by atoms with Crippen molar-refractivity contribution in [1.82, 2.24) is 15.3 Å². The van der Waals surface area contributed by atoms with Crippen LogP contribution in [0.25, 0.3) is 0 Å². The summed E-state index contributed by atoms with van der Waals surface area (Å²) in [7, 11) is 0. The van der Waals surface area contributed by atoms with Gasteiger partial charge in [-0.3, -0.25) is 9.59 Å². The van der Waals surface area contributed by atoms with E-state index in [0.29, 0.717) is 10.7 Å². The van der Waals surface area contributed by atoms with Gasteiger partial charge >= 0.3 is 0 Å². The first-order valence-electron chi connectivity index (χ1n) is 7.13. The summed E-state index contributed by atoms with van der Waals surface area (Å²) in [5.41, 5.74) is 0. The molecular weight excluding hydrogens is 300 g/mol. The molecular formula is C15H18N4O2S. The van der Waals surface area contributed by atoms with Gasteiger partial charge in [-0.05, 0) is 25.0 Å². The molecule has 0 spiro atoms. The summed E-state index contributed by atoms with van der Waals surface area (Å²) in [4.78, 5) is 32.4. The fourth-order valence-electron chi connectivity index (χ4n) is 1.76. The summed E-state index contributed by atoms with van der Waals surface area (Å²) in [6, 6.07) is 5.28. The van der Waals surface area contributed by atoms with Crippen LogP contribution in [0.3, 0.4) is 0 Å². The molecule has 0 radical (unpaired) electrons. The maximum Gasteiger partial charge on any atom is 0.263 e. The average Bonchev–Trinajstić information content (AvgIpc) is 2.97. The molecule has 0 saturated carbocycles. The number of aryl methyl sites for hydroxylation is 1. The molecule has 0 aliphatic carbocycles. The van der Waals surface area contributed by atoms with Gasteiger partial charge in [-0.1, -0.05) is 13.0 Å². The quantitative estimate of drug-likeness (QED) is 0.820. The highest BCUT2D eigenvalue weighted by Crippen LogP contribution is 2.14. The number of aromatic nitrogens is 2. The molecule has 0 bridgehead atoms. The molecule has 2 aromatic heterocycles. The van der Waals surface area contributed by atoms with Crippen LogP contribution in [0.5, 0.6) is 0 Å². The number of nitrogens with one attached hydrogen (secondary N) is 2. The summed E-state index contributed by atoms with van der Waals surface area (Å²) in [5, 5.41) is 6.35. The van der Waals surface area contributed by atoms with Crippen molar-refractivity contribution in [3.8, 4) is 0 Å². The Morgan fingerprint density at radius 2 is 2.14 bits per heavy atom. The third kappa shape index (κ3) is 4.92. The van der Waals surface area contributed by atoms with Crippen LogP contribution in [0.15, 0.2) is 30.6 Å². The molecule has 0 aromatic carbocycles. The molecule has 6 nitrogen and oxygen atoms in total.